The van der Waals surface area contributed by atoms with Crippen molar-refractivity contribution in [2.45, 2.75) is 84.0 Å². The molecule has 0 aromatic heterocycles. The summed E-state index contributed by atoms with van der Waals surface area (Å²) in [5, 5.41) is 0. The van der Waals surface area contributed by atoms with Gasteiger partial charge in [0.2, 0.25) is 0 Å². The van der Waals surface area contributed by atoms with Crippen LogP contribution in [0.25, 0.3) is 0 Å². The van der Waals surface area contributed by atoms with Crippen LogP contribution in [-0.4, -0.2) is 0 Å². The smallest absolute Gasteiger partial charge is 0.159 e. The maximum atomic E-state index is 13.5. The Balaban J connectivity index is 1.45. The lowest BCUT2D eigenvalue weighted by molar-refractivity contribution is 0.172. The number of rotatable bonds is 5. The van der Waals surface area contributed by atoms with Gasteiger partial charge in [-0.25, -0.2) is 8.78 Å². The molecule has 0 spiro atoms. The number of hydrogen-bond acceptors (Lipinski definition) is 0. The van der Waals surface area contributed by atoms with E-state index in [1.807, 2.05) is 0 Å². The van der Waals surface area contributed by atoms with E-state index in [2.05, 4.69) is 13.8 Å². The van der Waals surface area contributed by atoms with Crippen molar-refractivity contribution >= 4 is 0 Å². The Morgan fingerprint density at radius 3 is 2.12 bits per heavy atom. The summed E-state index contributed by atoms with van der Waals surface area (Å²) in [6.07, 6.45) is 13.2. The van der Waals surface area contributed by atoms with E-state index in [-0.39, 0.29) is 0 Å². The molecule has 1 unspecified atom stereocenters. The van der Waals surface area contributed by atoms with E-state index >= 15 is 0 Å². The van der Waals surface area contributed by atoms with Crippen LogP contribution in [-0.2, 0) is 0 Å². The van der Waals surface area contributed by atoms with Gasteiger partial charge in [0.15, 0.2) is 11.6 Å². The summed E-state index contributed by atoms with van der Waals surface area (Å²) in [5.41, 5.74) is 0.989. The average molecular weight is 349 g/mol. The third kappa shape index (κ3) is 4.83. The second kappa shape index (κ2) is 8.64. The molecule has 3 rings (SSSR count). The Morgan fingerprint density at radius 1 is 0.880 bits per heavy atom. The van der Waals surface area contributed by atoms with E-state index in [1.165, 1.54) is 63.5 Å². The molecule has 2 aliphatic carbocycles. The van der Waals surface area contributed by atoms with Crippen molar-refractivity contribution in [2.75, 3.05) is 0 Å². The molecule has 1 aromatic rings. The normalized spacial score (nSPS) is 31.7. The third-order valence-corrected chi connectivity index (χ3v) is 7.24. The highest BCUT2D eigenvalue weighted by molar-refractivity contribution is 5.22. The molecule has 0 N–H and O–H groups in total. The summed E-state index contributed by atoms with van der Waals surface area (Å²) in [6, 6.07) is 4.47. The van der Waals surface area contributed by atoms with E-state index in [4.69, 9.17) is 0 Å². The Bertz CT molecular complexity index is 537. The van der Waals surface area contributed by atoms with Crippen LogP contribution in [0.5, 0.6) is 0 Å². The fraction of sp³-hybridized carbons (Fsp3) is 0.739. The van der Waals surface area contributed by atoms with Gasteiger partial charge in [-0.1, -0.05) is 39.2 Å². The van der Waals surface area contributed by atoms with E-state index in [0.717, 1.165) is 42.1 Å². The first kappa shape index (κ1) is 18.9. The first-order valence-electron chi connectivity index (χ1n) is 10.5. The molecule has 2 heteroatoms. The van der Waals surface area contributed by atoms with Crippen LogP contribution in [0.15, 0.2) is 18.2 Å². The van der Waals surface area contributed by atoms with Gasteiger partial charge >= 0.3 is 0 Å². The molecule has 0 amide bonds. The molecule has 0 heterocycles. The molecule has 25 heavy (non-hydrogen) atoms. The highest BCUT2D eigenvalue weighted by Gasteiger charge is 2.29. The Labute approximate surface area is 152 Å². The zero-order chi connectivity index (χ0) is 17.8. The summed E-state index contributed by atoms with van der Waals surface area (Å²) in [5.74, 6) is 2.59. The average Bonchev–Trinajstić information content (AvgIpc) is 2.64. The summed E-state index contributed by atoms with van der Waals surface area (Å²) in [7, 11) is 0. The highest BCUT2D eigenvalue weighted by atomic mass is 19.2. The van der Waals surface area contributed by atoms with Crippen LogP contribution in [0, 0.1) is 35.3 Å². The quantitative estimate of drug-likeness (QED) is 0.517. The lowest BCUT2D eigenvalue weighted by Gasteiger charge is -2.35. The standard InChI is InChI=1S/C23H34F2/c1-3-17-4-8-19(9-5-17)16(2)14-18-6-10-20(11-7-18)21-12-13-22(24)23(25)15-21/h12-13,15-20H,3-11,14H2,1-2H3. The fourth-order valence-electron chi connectivity index (χ4n) is 5.38. The van der Waals surface area contributed by atoms with Crippen molar-refractivity contribution in [2.24, 2.45) is 23.7 Å². The van der Waals surface area contributed by atoms with Crippen molar-refractivity contribution in [3.05, 3.63) is 35.4 Å². The second-order valence-electron chi connectivity index (χ2n) is 8.79. The number of hydrogen-bond donors (Lipinski definition) is 0. The monoisotopic (exact) mass is 348 g/mol. The molecule has 0 nitrogen and oxygen atoms in total. The zero-order valence-electron chi connectivity index (χ0n) is 15.9. The van der Waals surface area contributed by atoms with Crippen LogP contribution in [0.2, 0.25) is 0 Å². The number of halogens is 2. The Hall–Kier alpha value is -0.920. The van der Waals surface area contributed by atoms with E-state index in [9.17, 15) is 8.78 Å². The van der Waals surface area contributed by atoms with Gasteiger partial charge in [-0.05, 0) is 92.2 Å². The molecule has 2 saturated carbocycles. The van der Waals surface area contributed by atoms with Crippen molar-refractivity contribution in [3.8, 4) is 0 Å². The molecule has 1 aromatic carbocycles. The van der Waals surface area contributed by atoms with Crippen LogP contribution in [0.3, 0.4) is 0 Å². The predicted molar refractivity (Wildman–Crippen MR) is 101 cm³/mol. The Morgan fingerprint density at radius 2 is 1.52 bits per heavy atom. The molecule has 2 fully saturated rings. The van der Waals surface area contributed by atoms with Gasteiger partial charge in [-0.2, -0.15) is 0 Å². The van der Waals surface area contributed by atoms with Gasteiger partial charge in [0, 0.05) is 0 Å². The van der Waals surface area contributed by atoms with Gasteiger partial charge in [0.05, 0.1) is 0 Å². The van der Waals surface area contributed by atoms with Crippen LogP contribution < -0.4 is 0 Å². The first-order valence-corrected chi connectivity index (χ1v) is 10.5. The summed E-state index contributed by atoms with van der Waals surface area (Å²) in [6.45, 7) is 4.80. The maximum Gasteiger partial charge on any atom is 0.159 e. The summed E-state index contributed by atoms with van der Waals surface area (Å²) in [4.78, 5) is 0. The molecule has 1 atom stereocenters. The third-order valence-electron chi connectivity index (χ3n) is 7.24. The summed E-state index contributed by atoms with van der Waals surface area (Å²) < 4.78 is 26.6. The zero-order valence-corrected chi connectivity index (χ0v) is 15.9. The maximum absolute atomic E-state index is 13.5. The second-order valence-corrected chi connectivity index (χ2v) is 8.79. The van der Waals surface area contributed by atoms with Crippen molar-refractivity contribution in [3.63, 3.8) is 0 Å². The molecule has 0 radical (unpaired) electrons. The van der Waals surface area contributed by atoms with Gasteiger partial charge in [0.25, 0.3) is 0 Å². The highest BCUT2D eigenvalue weighted by Crippen LogP contribution is 2.42. The Kier molecular flexibility index (Phi) is 6.52. The van der Waals surface area contributed by atoms with Crippen molar-refractivity contribution < 1.29 is 8.78 Å². The minimum atomic E-state index is -0.732. The van der Waals surface area contributed by atoms with Gasteiger partial charge in [-0.3, -0.25) is 0 Å². The molecule has 0 bridgehead atoms. The largest absolute Gasteiger partial charge is 0.204 e. The van der Waals surface area contributed by atoms with E-state index < -0.39 is 11.6 Å². The van der Waals surface area contributed by atoms with Crippen LogP contribution in [0.4, 0.5) is 8.78 Å². The van der Waals surface area contributed by atoms with E-state index in [0.29, 0.717) is 5.92 Å². The molecular formula is C23H34F2. The molecule has 2 aliphatic rings. The van der Waals surface area contributed by atoms with Crippen molar-refractivity contribution in [1.82, 2.24) is 0 Å². The predicted octanol–water partition coefficient (Wildman–Crippen LogP) is 7.48. The van der Waals surface area contributed by atoms with Crippen LogP contribution in [0.1, 0.15) is 89.5 Å². The lowest BCUT2D eigenvalue weighted by Crippen LogP contribution is -2.23. The molecule has 0 saturated heterocycles. The minimum Gasteiger partial charge on any atom is -0.204 e. The van der Waals surface area contributed by atoms with Crippen molar-refractivity contribution in [1.29, 1.82) is 0 Å². The first-order chi connectivity index (χ1) is 12.1. The molecule has 140 valence electrons. The fourth-order valence-corrected chi connectivity index (χ4v) is 5.38. The van der Waals surface area contributed by atoms with Gasteiger partial charge in [-0.15, -0.1) is 0 Å². The SMILES string of the molecule is CCC1CCC(C(C)CC2CCC(c3ccc(F)c(F)c3)CC2)CC1. The number of benzene rings is 1. The minimum absolute atomic E-state index is 0.418. The van der Waals surface area contributed by atoms with Gasteiger partial charge < -0.3 is 0 Å². The van der Waals surface area contributed by atoms with Gasteiger partial charge in [0.1, 0.15) is 0 Å². The van der Waals surface area contributed by atoms with E-state index in [1.54, 1.807) is 6.07 Å². The molecule has 0 aliphatic heterocycles. The topological polar surface area (TPSA) is 0 Å². The lowest BCUT2D eigenvalue weighted by atomic mass is 9.70. The molecular weight excluding hydrogens is 314 g/mol. The van der Waals surface area contributed by atoms with Crippen LogP contribution >= 0.6 is 0 Å². The summed E-state index contributed by atoms with van der Waals surface area (Å²) >= 11 is 0.